The first-order valence-electron chi connectivity index (χ1n) is 11.4. The van der Waals surface area contributed by atoms with Gasteiger partial charge >= 0.3 is 0 Å². The number of aromatic nitrogens is 4. The van der Waals surface area contributed by atoms with Crippen LogP contribution in [0.5, 0.6) is 0 Å². The molecule has 2 aromatic heterocycles. The number of hydrogen-bond donors (Lipinski definition) is 2. The highest BCUT2D eigenvalue weighted by atomic mass is 79.9. The average Bonchev–Trinajstić information content (AvgIpc) is 3.36. The number of benzene rings is 3. The van der Waals surface area contributed by atoms with Crippen LogP contribution in [-0.4, -0.2) is 25.3 Å². The lowest BCUT2D eigenvalue weighted by atomic mass is 9.85. The second kappa shape index (κ2) is 9.47. The van der Waals surface area contributed by atoms with Gasteiger partial charge in [-0.25, -0.2) is 9.36 Å². The zero-order chi connectivity index (χ0) is 25.4. The molecule has 0 unspecified atom stereocenters. The van der Waals surface area contributed by atoms with Crippen molar-refractivity contribution in [2.24, 2.45) is 0 Å². The molecule has 0 spiro atoms. The standard InChI is InChI=1S/C28H23BrN4O3/c1-17-23(27(35)32(30-17)21-9-5-3-6-10-21)25(26(34)19-13-15-20(29)16-14-19)24-18(2)31-33(28(24)36)22-11-7-4-8-12-22/h3-16,25,30-31H,1-2H3. The van der Waals surface area contributed by atoms with Gasteiger partial charge in [-0.15, -0.1) is 0 Å². The number of H-pyrrole nitrogens is 2. The van der Waals surface area contributed by atoms with Crippen LogP contribution in [0.2, 0.25) is 0 Å². The van der Waals surface area contributed by atoms with Gasteiger partial charge in [0.1, 0.15) is 0 Å². The number of Topliss-reactive ketones (excluding diaryl/α,β-unsaturated/α-hetero) is 1. The minimum absolute atomic E-state index is 0.242. The Hall–Kier alpha value is -4.17. The van der Waals surface area contributed by atoms with Gasteiger partial charge in [-0.2, -0.15) is 0 Å². The molecule has 2 N–H and O–H groups in total. The van der Waals surface area contributed by atoms with Crippen molar-refractivity contribution < 1.29 is 4.79 Å². The molecule has 5 rings (SSSR count). The fraction of sp³-hybridized carbons (Fsp3) is 0.107. The van der Waals surface area contributed by atoms with Crippen LogP contribution in [-0.2, 0) is 0 Å². The second-order valence-corrected chi connectivity index (χ2v) is 9.47. The molecule has 0 bridgehead atoms. The highest BCUT2D eigenvalue weighted by molar-refractivity contribution is 9.10. The Labute approximate surface area is 215 Å². The van der Waals surface area contributed by atoms with E-state index in [2.05, 4.69) is 26.1 Å². The molecule has 0 radical (unpaired) electrons. The molecular weight excluding hydrogens is 520 g/mol. The number of ketones is 1. The summed E-state index contributed by atoms with van der Waals surface area (Å²) in [6.45, 7) is 3.49. The summed E-state index contributed by atoms with van der Waals surface area (Å²) in [6.07, 6.45) is 0. The maximum Gasteiger partial charge on any atom is 0.275 e. The molecule has 0 aliphatic carbocycles. The first-order valence-corrected chi connectivity index (χ1v) is 12.2. The fourth-order valence-corrected chi connectivity index (χ4v) is 4.77. The quantitative estimate of drug-likeness (QED) is 0.294. The van der Waals surface area contributed by atoms with E-state index in [-0.39, 0.29) is 28.0 Å². The van der Waals surface area contributed by atoms with Gasteiger partial charge in [0.2, 0.25) is 0 Å². The van der Waals surface area contributed by atoms with Gasteiger partial charge in [0, 0.05) is 21.4 Å². The lowest BCUT2D eigenvalue weighted by Crippen LogP contribution is -2.29. The molecule has 8 heteroatoms. The normalized spacial score (nSPS) is 11.2. The smallest absolute Gasteiger partial charge is 0.275 e. The summed E-state index contributed by atoms with van der Waals surface area (Å²) in [5, 5.41) is 6.20. The molecule has 0 saturated heterocycles. The van der Waals surface area contributed by atoms with Gasteiger partial charge in [0.15, 0.2) is 5.78 Å². The molecule has 0 fully saturated rings. The third-order valence-electron chi connectivity index (χ3n) is 6.23. The predicted octanol–water partition coefficient (Wildman–Crippen LogP) is 5.04. The highest BCUT2D eigenvalue weighted by Gasteiger charge is 2.35. The lowest BCUT2D eigenvalue weighted by molar-refractivity contribution is 0.0972. The van der Waals surface area contributed by atoms with Crippen LogP contribution in [0.1, 0.15) is 38.8 Å². The monoisotopic (exact) mass is 542 g/mol. The Balaban J connectivity index is 1.75. The van der Waals surface area contributed by atoms with Crippen LogP contribution in [0.25, 0.3) is 11.4 Å². The van der Waals surface area contributed by atoms with E-state index in [4.69, 9.17) is 0 Å². The van der Waals surface area contributed by atoms with E-state index < -0.39 is 5.92 Å². The molecule has 2 heterocycles. The molecule has 7 nitrogen and oxygen atoms in total. The first-order chi connectivity index (χ1) is 17.4. The van der Waals surface area contributed by atoms with Crippen LogP contribution in [0, 0.1) is 13.8 Å². The van der Waals surface area contributed by atoms with Gasteiger partial charge in [-0.3, -0.25) is 24.6 Å². The maximum atomic E-state index is 14.0. The van der Waals surface area contributed by atoms with Gasteiger partial charge in [0.05, 0.1) is 28.4 Å². The number of para-hydroxylation sites is 2. The van der Waals surface area contributed by atoms with Gasteiger partial charge < -0.3 is 0 Å². The number of halogens is 1. The maximum absolute atomic E-state index is 14.0. The topological polar surface area (TPSA) is 92.7 Å². The Morgan fingerprint density at radius 3 is 1.53 bits per heavy atom. The molecule has 3 aromatic carbocycles. The van der Waals surface area contributed by atoms with Gasteiger partial charge in [-0.1, -0.05) is 64.5 Å². The highest BCUT2D eigenvalue weighted by Crippen LogP contribution is 2.30. The van der Waals surface area contributed by atoms with E-state index >= 15 is 0 Å². The lowest BCUT2D eigenvalue weighted by Gasteiger charge is -2.14. The molecule has 0 atom stereocenters. The van der Waals surface area contributed by atoms with Crippen molar-refractivity contribution in [1.82, 2.24) is 19.6 Å². The van der Waals surface area contributed by atoms with Crippen molar-refractivity contribution in [2.75, 3.05) is 0 Å². The summed E-state index contributed by atoms with van der Waals surface area (Å²) in [6, 6.07) is 25.2. The van der Waals surface area contributed by atoms with Gasteiger partial charge in [-0.05, 0) is 50.2 Å². The van der Waals surface area contributed by atoms with Crippen LogP contribution in [0.3, 0.4) is 0 Å². The number of carbonyl (C=O) groups is 1. The van der Waals surface area contributed by atoms with E-state index in [9.17, 15) is 14.4 Å². The second-order valence-electron chi connectivity index (χ2n) is 8.56. The number of nitrogens with zero attached hydrogens (tertiary/aromatic N) is 2. The molecule has 0 aliphatic rings. The minimum atomic E-state index is -1.10. The van der Waals surface area contributed by atoms with Crippen molar-refractivity contribution in [3.05, 3.63) is 138 Å². The summed E-state index contributed by atoms with van der Waals surface area (Å²) in [7, 11) is 0. The summed E-state index contributed by atoms with van der Waals surface area (Å²) in [5.41, 5.74) is 2.45. The number of aromatic amines is 2. The number of carbonyl (C=O) groups excluding carboxylic acids is 1. The van der Waals surface area contributed by atoms with E-state index in [1.165, 1.54) is 9.36 Å². The van der Waals surface area contributed by atoms with Crippen molar-refractivity contribution in [3.63, 3.8) is 0 Å². The Bertz CT molecular complexity index is 1560. The molecular formula is C28H23BrN4O3. The van der Waals surface area contributed by atoms with E-state index in [1.807, 2.05) is 36.4 Å². The predicted molar refractivity (Wildman–Crippen MR) is 143 cm³/mol. The summed E-state index contributed by atoms with van der Waals surface area (Å²) >= 11 is 3.40. The summed E-state index contributed by atoms with van der Waals surface area (Å²) in [5.74, 6) is -1.44. The fourth-order valence-electron chi connectivity index (χ4n) is 4.50. The van der Waals surface area contributed by atoms with Gasteiger partial charge in [0.25, 0.3) is 11.1 Å². The summed E-state index contributed by atoms with van der Waals surface area (Å²) in [4.78, 5) is 41.5. The van der Waals surface area contributed by atoms with Crippen molar-refractivity contribution in [2.45, 2.75) is 19.8 Å². The van der Waals surface area contributed by atoms with Crippen LogP contribution >= 0.6 is 15.9 Å². The van der Waals surface area contributed by atoms with E-state index in [0.29, 0.717) is 28.3 Å². The Morgan fingerprint density at radius 1 is 0.694 bits per heavy atom. The van der Waals surface area contributed by atoms with E-state index in [1.54, 1.807) is 62.4 Å². The minimum Gasteiger partial charge on any atom is -0.295 e. The SMILES string of the molecule is Cc1[nH]n(-c2ccccc2)c(=O)c1C(C(=O)c1ccc(Br)cc1)c1c(C)[nH]n(-c2ccccc2)c1=O. The zero-order valence-electron chi connectivity index (χ0n) is 19.7. The third kappa shape index (κ3) is 4.09. The molecule has 5 aromatic rings. The third-order valence-corrected chi connectivity index (χ3v) is 6.76. The average molecular weight is 543 g/mol. The Morgan fingerprint density at radius 2 is 1.11 bits per heavy atom. The molecule has 0 aliphatic heterocycles. The van der Waals surface area contributed by atoms with Crippen LogP contribution in [0.15, 0.2) is 99.0 Å². The summed E-state index contributed by atoms with van der Waals surface area (Å²) < 4.78 is 3.64. The molecule has 180 valence electrons. The molecule has 0 saturated carbocycles. The molecule has 36 heavy (non-hydrogen) atoms. The van der Waals surface area contributed by atoms with Crippen LogP contribution in [0.4, 0.5) is 0 Å². The zero-order valence-corrected chi connectivity index (χ0v) is 21.2. The number of hydrogen-bond acceptors (Lipinski definition) is 3. The van der Waals surface area contributed by atoms with Crippen molar-refractivity contribution in [3.8, 4) is 11.4 Å². The number of aryl methyl sites for hydroxylation is 2. The number of nitrogens with one attached hydrogen (secondary N) is 2. The first kappa shape index (κ1) is 23.6. The Kier molecular flexibility index (Phi) is 6.20. The number of rotatable bonds is 6. The van der Waals surface area contributed by atoms with E-state index in [0.717, 1.165) is 4.47 Å². The molecule has 0 amide bonds. The van der Waals surface area contributed by atoms with Crippen molar-refractivity contribution >= 4 is 21.7 Å². The largest absolute Gasteiger partial charge is 0.295 e. The van der Waals surface area contributed by atoms with Crippen molar-refractivity contribution in [1.29, 1.82) is 0 Å². The van der Waals surface area contributed by atoms with Crippen LogP contribution < -0.4 is 11.1 Å².